The molecule has 2 heterocycles. The van der Waals surface area contributed by atoms with Gasteiger partial charge in [-0.05, 0) is 12.5 Å². The Labute approximate surface area is 168 Å². The van der Waals surface area contributed by atoms with E-state index in [4.69, 9.17) is 19.0 Å². The van der Waals surface area contributed by atoms with Gasteiger partial charge in [0.25, 0.3) is 5.56 Å². The summed E-state index contributed by atoms with van der Waals surface area (Å²) in [6, 6.07) is 2.01. The summed E-state index contributed by atoms with van der Waals surface area (Å²) in [5.41, 5.74) is -1.12. The molecule has 1 N–H and O–H groups in total. The fourth-order valence-electron chi connectivity index (χ4n) is 2.84. The smallest absolute Gasteiger partial charge is 0.330 e. The molecule has 1 aromatic heterocycles. The van der Waals surface area contributed by atoms with Crippen LogP contribution in [0.1, 0.15) is 38.0 Å². The van der Waals surface area contributed by atoms with E-state index in [1.165, 1.54) is 23.9 Å². The number of hydrogen-bond acceptors (Lipinski definition) is 8. The second-order valence-electron chi connectivity index (χ2n) is 6.21. The first kappa shape index (κ1) is 23.0. The van der Waals surface area contributed by atoms with E-state index in [0.717, 1.165) is 6.08 Å². The zero-order valence-electron chi connectivity index (χ0n) is 16.5. The quantitative estimate of drug-likeness (QED) is 0.273. The van der Waals surface area contributed by atoms with Crippen molar-refractivity contribution in [2.75, 3.05) is 20.4 Å². The Morgan fingerprint density at radius 1 is 1.52 bits per heavy atom. The number of carbonyl (C=O) groups is 1. The number of aromatic amines is 1. The van der Waals surface area contributed by atoms with E-state index in [1.807, 2.05) is 13.0 Å². The highest BCUT2D eigenvalue weighted by Crippen LogP contribution is 2.42. The second-order valence-corrected chi connectivity index (χ2v) is 7.55. The third-order valence-corrected chi connectivity index (χ3v) is 5.37. The topological polar surface area (TPSA) is 133 Å². The minimum absolute atomic E-state index is 0.119. The van der Waals surface area contributed by atoms with Gasteiger partial charge in [0.2, 0.25) is 0 Å². The van der Waals surface area contributed by atoms with Crippen LogP contribution in [0.2, 0.25) is 0 Å². The first-order chi connectivity index (χ1) is 13.9. The molecule has 29 heavy (non-hydrogen) atoms. The molecule has 0 aromatic carbocycles. The van der Waals surface area contributed by atoms with Gasteiger partial charge in [-0.1, -0.05) is 6.92 Å². The van der Waals surface area contributed by atoms with Gasteiger partial charge < -0.3 is 18.5 Å². The Balaban J connectivity index is 2.16. The standard InChI is InChI=1S/C18H24N3O7P/c1-4-13-14(28-29(3)26-9-5-8-19)10-15(27-13)21-11-12(6-7-16(22)25-2)17(23)20-18(21)24/h6-7,11,13-15H,4-5,9-10H2,1-3H3,(H,20,23,24)/b7-6+. The van der Waals surface area contributed by atoms with Crippen molar-refractivity contribution in [3.8, 4) is 6.07 Å². The normalized spacial score (nSPS) is 22.5. The number of nitriles is 1. The summed E-state index contributed by atoms with van der Waals surface area (Å²) in [6.45, 7) is 4.04. The van der Waals surface area contributed by atoms with Crippen LogP contribution in [-0.4, -0.2) is 48.1 Å². The van der Waals surface area contributed by atoms with E-state index >= 15 is 0 Å². The predicted molar refractivity (Wildman–Crippen MR) is 105 cm³/mol. The minimum atomic E-state index is -1.20. The van der Waals surface area contributed by atoms with Crippen LogP contribution in [0.25, 0.3) is 6.08 Å². The fourth-order valence-corrected chi connectivity index (χ4v) is 3.86. The van der Waals surface area contributed by atoms with E-state index < -0.39 is 31.8 Å². The maximum Gasteiger partial charge on any atom is 0.330 e. The van der Waals surface area contributed by atoms with Gasteiger partial charge in [-0.25, -0.2) is 9.59 Å². The summed E-state index contributed by atoms with van der Waals surface area (Å²) in [7, 11) is 0.0275. The molecule has 0 bridgehead atoms. The lowest BCUT2D eigenvalue weighted by atomic mass is 10.1. The number of rotatable bonds is 9. The van der Waals surface area contributed by atoms with E-state index in [2.05, 4.69) is 9.72 Å². The lowest BCUT2D eigenvalue weighted by Gasteiger charge is -2.20. The third kappa shape index (κ3) is 6.34. The molecule has 4 atom stereocenters. The summed E-state index contributed by atoms with van der Waals surface area (Å²) in [4.78, 5) is 37.8. The zero-order chi connectivity index (χ0) is 21.4. The molecule has 1 fully saturated rings. The van der Waals surface area contributed by atoms with Crippen molar-refractivity contribution in [3.05, 3.63) is 38.7 Å². The summed E-state index contributed by atoms with van der Waals surface area (Å²) in [6.07, 6.45) is 3.86. The van der Waals surface area contributed by atoms with Gasteiger partial charge in [-0.2, -0.15) is 5.26 Å². The lowest BCUT2D eigenvalue weighted by Crippen LogP contribution is -2.33. The molecule has 1 aliphatic rings. The Bertz CT molecular complexity index is 889. The highest BCUT2D eigenvalue weighted by atomic mass is 31.2. The Kier molecular flexibility index (Phi) is 8.73. The van der Waals surface area contributed by atoms with Gasteiger partial charge in [-0.3, -0.25) is 14.3 Å². The first-order valence-corrected chi connectivity index (χ1v) is 10.7. The van der Waals surface area contributed by atoms with Crippen LogP contribution in [0.4, 0.5) is 0 Å². The number of carbonyl (C=O) groups excluding carboxylic acids is 1. The van der Waals surface area contributed by atoms with Gasteiger partial charge in [0.1, 0.15) is 6.23 Å². The molecule has 1 saturated heterocycles. The molecule has 0 amide bonds. The average Bonchev–Trinajstić information content (AvgIpc) is 3.09. The molecule has 4 unspecified atom stereocenters. The zero-order valence-corrected chi connectivity index (χ0v) is 17.4. The van der Waals surface area contributed by atoms with Crippen LogP contribution in [0, 0.1) is 11.3 Å². The fraction of sp³-hybridized carbons (Fsp3) is 0.556. The Hall–Kier alpha value is -2.31. The molecule has 0 spiro atoms. The van der Waals surface area contributed by atoms with Crippen LogP contribution in [-0.2, 0) is 23.3 Å². The number of nitrogens with one attached hydrogen (secondary N) is 1. The SMILES string of the molecule is CCC1OC(n2cc(/C=C/C(=O)OC)c(=O)[nH]c2=O)CC1OP(C)OCCC#N. The number of methoxy groups -OCH3 is 1. The van der Waals surface area contributed by atoms with Gasteiger partial charge in [0.15, 0.2) is 8.38 Å². The molecule has 0 aliphatic carbocycles. The molecule has 2 rings (SSSR count). The summed E-state index contributed by atoms with van der Waals surface area (Å²) >= 11 is 0. The molecule has 1 aromatic rings. The molecular weight excluding hydrogens is 401 g/mol. The highest BCUT2D eigenvalue weighted by molar-refractivity contribution is 7.46. The summed E-state index contributed by atoms with van der Waals surface area (Å²) in [5, 5.41) is 8.58. The molecular formula is C18H24N3O7P. The maximum absolute atomic E-state index is 12.3. The molecule has 1 aliphatic heterocycles. The number of ether oxygens (including phenoxy) is 2. The van der Waals surface area contributed by atoms with Crippen molar-refractivity contribution >= 4 is 20.4 Å². The predicted octanol–water partition coefficient (Wildman–Crippen LogP) is 1.68. The summed E-state index contributed by atoms with van der Waals surface area (Å²) in [5.74, 6) is -0.619. The van der Waals surface area contributed by atoms with E-state index in [9.17, 15) is 14.4 Å². The van der Waals surface area contributed by atoms with Crippen molar-refractivity contribution in [2.24, 2.45) is 0 Å². The van der Waals surface area contributed by atoms with E-state index in [1.54, 1.807) is 6.66 Å². The third-order valence-electron chi connectivity index (χ3n) is 4.26. The minimum Gasteiger partial charge on any atom is -0.466 e. The molecule has 0 saturated carbocycles. The largest absolute Gasteiger partial charge is 0.466 e. The lowest BCUT2D eigenvalue weighted by molar-refractivity contribution is -0.134. The van der Waals surface area contributed by atoms with Crippen molar-refractivity contribution in [2.45, 2.75) is 44.6 Å². The monoisotopic (exact) mass is 425 g/mol. The summed E-state index contributed by atoms with van der Waals surface area (Å²) < 4.78 is 23.2. The maximum atomic E-state index is 12.3. The number of nitrogens with zero attached hydrogens (tertiary/aromatic N) is 2. The van der Waals surface area contributed by atoms with Crippen LogP contribution in [0.5, 0.6) is 0 Å². The highest BCUT2D eigenvalue weighted by Gasteiger charge is 2.37. The number of hydrogen-bond donors (Lipinski definition) is 1. The van der Waals surface area contributed by atoms with Gasteiger partial charge in [-0.15, -0.1) is 0 Å². The first-order valence-electron chi connectivity index (χ1n) is 9.06. The number of esters is 1. The molecule has 158 valence electrons. The second kappa shape index (κ2) is 11.0. The van der Waals surface area contributed by atoms with Crippen LogP contribution in [0.15, 0.2) is 21.9 Å². The average molecular weight is 425 g/mol. The van der Waals surface area contributed by atoms with Crippen molar-refractivity contribution < 1.29 is 23.3 Å². The van der Waals surface area contributed by atoms with Crippen LogP contribution >= 0.6 is 8.38 Å². The van der Waals surface area contributed by atoms with Gasteiger partial charge in [0, 0.05) is 25.4 Å². The van der Waals surface area contributed by atoms with Crippen molar-refractivity contribution in [1.29, 1.82) is 5.26 Å². The van der Waals surface area contributed by atoms with Gasteiger partial charge >= 0.3 is 11.7 Å². The Morgan fingerprint density at radius 3 is 2.93 bits per heavy atom. The van der Waals surface area contributed by atoms with E-state index in [0.29, 0.717) is 19.4 Å². The van der Waals surface area contributed by atoms with Gasteiger partial charge in [0.05, 0.1) is 44.0 Å². The van der Waals surface area contributed by atoms with Crippen LogP contribution < -0.4 is 11.2 Å². The Morgan fingerprint density at radius 2 is 2.28 bits per heavy atom. The number of H-pyrrole nitrogens is 1. The van der Waals surface area contributed by atoms with Crippen LogP contribution in [0.3, 0.4) is 0 Å². The van der Waals surface area contributed by atoms with E-state index in [-0.39, 0.29) is 24.2 Å². The molecule has 11 heteroatoms. The van der Waals surface area contributed by atoms with Crippen molar-refractivity contribution in [1.82, 2.24) is 9.55 Å². The molecule has 10 nitrogen and oxygen atoms in total. The van der Waals surface area contributed by atoms with Crippen molar-refractivity contribution in [3.63, 3.8) is 0 Å². The number of aromatic nitrogens is 2. The molecule has 0 radical (unpaired) electrons.